The van der Waals surface area contributed by atoms with E-state index in [1.54, 1.807) is 0 Å². The maximum absolute atomic E-state index is 12.0. The minimum absolute atomic E-state index is 0.0539. The summed E-state index contributed by atoms with van der Waals surface area (Å²) in [6.07, 6.45) is 0.732. The van der Waals surface area contributed by atoms with E-state index >= 15 is 0 Å². The first-order valence-corrected chi connectivity index (χ1v) is 7.77. The highest BCUT2D eigenvalue weighted by atomic mass is 32.2. The van der Waals surface area contributed by atoms with Crippen LogP contribution in [0, 0.1) is 11.8 Å². The van der Waals surface area contributed by atoms with Crippen molar-refractivity contribution in [1.29, 1.82) is 0 Å². The molecule has 0 aromatic heterocycles. The van der Waals surface area contributed by atoms with Gasteiger partial charge in [0.15, 0.2) is 5.12 Å². The van der Waals surface area contributed by atoms with Crippen molar-refractivity contribution in [1.82, 2.24) is 0 Å². The smallest absolute Gasteiger partial charge is 0.305 e. The summed E-state index contributed by atoms with van der Waals surface area (Å²) in [7, 11) is 1.38. The number of carbonyl (C=O) groups is 2. The lowest BCUT2D eigenvalue weighted by molar-refractivity contribution is -0.142. The first kappa shape index (κ1) is 16.8. The highest BCUT2D eigenvalue weighted by Crippen LogP contribution is 2.24. The molecule has 0 aliphatic heterocycles. The summed E-state index contributed by atoms with van der Waals surface area (Å²) in [5, 5.41) is 0.136. The van der Waals surface area contributed by atoms with Gasteiger partial charge in [-0.3, -0.25) is 9.59 Å². The molecule has 1 aromatic carbocycles. The molecule has 0 heterocycles. The fourth-order valence-corrected chi connectivity index (χ4v) is 2.70. The van der Waals surface area contributed by atoms with Crippen LogP contribution in [0.1, 0.15) is 32.3 Å². The fraction of sp³-hybridized carbons (Fsp3) is 0.500. The molecule has 110 valence electrons. The second-order valence-corrected chi connectivity index (χ2v) is 6.17. The van der Waals surface area contributed by atoms with Crippen molar-refractivity contribution in [2.24, 2.45) is 11.8 Å². The molecular formula is C16H22O3S. The van der Waals surface area contributed by atoms with Gasteiger partial charge < -0.3 is 4.74 Å². The van der Waals surface area contributed by atoms with Gasteiger partial charge in [-0.05, 0) is 17.4 Å². The number of methoxy groups -OCH3 is 1. The monoisotopic (exact) mass is 294 g/mol. The van der Waals surface area contributed by atoms with Crippen LogP contribution in [-0.4, -0.2) is 18.2 Å². The lowest BCUT2D eigenvalue weighted by Crippen LogP contribution is -2.18. The Hall–Kier alpha value is -1.29. The number of esters is 1. The molecule has 0 radical (unpaired) electrons. The van der Waals surface area contributed by atoms with Crippen LogP contribution in [0.5, 0.6) is 0 Å². The Balaban J connectivity index is 2.44. The Morgan fingerprint density at radius 3 is 2.35 bits per heavy atom. The number of rotatable bonds is 7. The fourth-order valence-electron chi connectivity index (χ4n) is 1.85. The van der Waals surface area contributed by atoms with Crippen molar-refractivity contribution in [3.63, 3.8) is 0 Å². The molecule has 1 atom stereocenters. The van der Waals surface area contributed by atoms with Crippen LogP contribution in [0.4, 0.5) is 0 Å². The molecule has 0 amide bonds. The third-order valence-electron chi connectivity index (χ3n) is 3.27. The van der Waals surface area contributed by atoms with Crippen LogP contribution in [0.2, 0.25) is 0 Å². The van der Waals surface area contributed by atoms with E-state index in [0.717, 1.165) is 5.56 Å². The van der Waals surface area contributed by atoms with Gasteiger partial charge >= 0.3 is 5.97 Å². The van der Waals surface area contributed by atoms with Crippen molar-refractivity contribution >= 4 is 22.8 Å². The maximum atomic E-state index is 12.0. The van der Waals surface area contributed by atoms with Gasteiger partial charge in [-0.15, -0.1) is 0 Å². The number of carbonyl (C=O) groups excluding carboxylic acids is 2. The lowest BCUT2D eigenvalue weighted by atomic mass is 9.90. The summed E-state index contributed by atoms with van der Waals surface area (Å²) in [4.78, 5) is 23.4. The molecule has 0 bridgehead atoms. The second-order valence-electron chi connectivity index (χ2n) is 5.13. The van der Waals surface area contributed by atoms with Gasteiger partial charge in [0.25, 0.3) is 0 Å². The average Bonchev–Trinajstić information content (AvgIpc) is 2.45. The molecule has 20 heavy (non-hydrogen) atoms. The Morgan fingerprint density at radius 1 is 1.15 bits per heavy atom. The molecule has 0 saturated carbocycles. The van der Waals surface area contributed by atoms with Crippen LogP contribution in [0.25, 0.3) is 0 Å². The molecule has 0 aliphatic rings. The van der Waals surface area contributed by atoms with Gasteiger partial charge in [-0.2, -0.15) is 0 Å². The van der Waals surface area contributed by atoms with E-state index in [0.29, 0.717) is 18.6 Å². The number of thioether (sulfide) groups is 1. The minimum atomic E-state index is -0.246. The molecule has 1 rings (SSSR count). The number of benzene rings is 1. The number of hydrogen-bond donors (Lipinski definition) is 0. The van der Waals surface area contributed by atoms with E-state index in [4.69, 9.17) is 0 Å². The first-order chi connectivity index (χ1) is 9.52. The molecule has 0 saturated heterocycles. The van der Waals surface area contributed by atoms with Crippen LogP contribution in [0.15, 0.2) is 30.3 Å². The predicted octanol–water partition coefficient (Wildman–Crippen LogP) is 3.67. The van der Waals surface area contributed by atoms with E-state index in [1.807, 2.05) is 44.2 Å². The Bertz CT molecular complexity index is 429. The summed E-state index contributed by atoms with van der Waals surface area (Å²) in [5.74, 6) is 0.779. The zero-order valence-electron chi connectivity index (χ0n) is 12.3. The van der Waals surface area contributed by atoms with Crippen LogP contribution < -0.4 is 0 Å². The average molecular weight is 294 g/mol. The van der Waals surface area contributed by atoms with Gasteiger partial charge in [0, 0.05) is 18.6 Å². The lowest BCUT2D eigenvalue weighted by Gasteiger charge is -2.18. The topological polar surface area (TPSA) is 43.4 Å². The SMILES string of the molecule is COC(=O)C[C@H](CC(=O)SCc1ccccc1)C(C)C. The van der Waals surface area contributed by atoms with Gasteiger partial charge in [0.1, 0.15) is 0 Å². The summed E-state index contributed by atoms with van der Waals surface area (Å²) in [6, 6.07) is 9.91. The third-order valence-corrected chi connectivity index (χ3v) is 4.24. The number of ether oxygens (including phenoxy) is 1. The molecular weight excluding hydrogens is 272 g/mol. The highest BCUT2D eigenvalue weighted by molar-refractivity contribution is 8.12. The van der Waals surface area contributed by atoms with Gasteiger partial charge in [-0.1, -0.05) is 55.9 Å². The van der Waals surface area contributed by atoms with E-state index in [1.165, 1.54) is 18.9 Å². The summed E-state index contributed by atoms with van der Waals surface area (Å²) >= 11 is 1.32. The van der Waals surface area contributed by atoms with E-state index in [-0.39, 0.29) is 22.9 Å². The quantitative estimate of drug-likeness (QED) is 0.720. The molecule has 0 aliphatic carbocycles. The van der Waals surface area contributed by atoms with Gasteiger partial charge in [0.2, 0.25) is 0 Å². The van der Waals surface area contributed by atoms with Crippen LogP contribution in [0.3, 0.4) is 0 Å². The summed E-state index contributed by atoms with van der Waals surface area (Å²) < 4.78 is 4.68. The summed E-state index contributed by atoms with van der Waals surface area (Å²) in [6.45, 7) is 4.06. The molecule has 0 fully saturated rings. The standard InChI is InChI=1S/C16H22O3S/c1-12(2)14(9-15(17)19-3)10-16(18)20-11-13-7-5-4-6-8-13/h4-8,12,14H,9-11H2,1-3H3/t14-/m1/s1. The first-order valence-electron chi connectivity index (χ1n) is 6.79. The zero-order chi connectivity index (χ0) is 15.0. The Labute approximate surface area is 125 Å². The highest BCUT2D eigenvalue weighted by Gasteiger charge is 2.21. The van der Waals surface area contributed by atoms with Crippen molar-refractivity contribution in [2.75, 3.05) is 7.11 Å². The van der Waals surface area contributed by atoms with E-state index in [9.17, 15) is 9.59 Å². The molecule has 3 nitrogen and oxygen atoms in total. The molecule has 1 aromatic rings. The van der Waals surface area contributed by atoms with Crippen molar-refractivity contribution < 1.29 is 14.3 Å². The maximum Gasteiger partial charge on any atom is 0.305 e. The van der Waals surface area contributed by atoms with Crippen molar-refractivity contribution in [3.8, 4) is 0 Å². The van der Waals surface area contributed by atoms with Crippen molar-refractivity contribution in [2.45, 2.75) is 32.4 Å². The number of hydrogen-bond acceptors (Lipinski definition) is 4. The van der Waals surface area contributed by atoms with E-state index < -0.39 is 0 Å². The van der Waals surface area contributed by atoms with E-state index in [2.05, 4.69) is 4.74 Å². The molecule has 0 unspecified atom stereocenters. The van der Waals surface area contributed by atoms with Crippen molar-refractivity contribution in [3.05, 3.63) is 35.9 Å². The van der Waals surface area contributed by atoms with Crippen LogP contribution in [-0.2, 0) is 20.1 Å². The Morgan fingerprint density at radius 2 is 1.80 bits per heavy atom. The van der Waals surface area contributed by atoms with Gasteiger partial charge in [-0.25, -0.2) is 0 Å². The van der Waals surface area contributed by atoms with Gasteiger partial charge in [0.05, 0.1) is 7.11 Å². The minimum Gasteiger partial charge on any atom is -0.469 e. The largest absolute Gasteiger partial charge is 0.469 e. The van der Waals surface area contributed by atoms with Crippen LogP contribution >= 0.6 is 11.8 Å². The Kier molecular flexibility index (Phi) is 7.37. The predicted molar refractivity (Wildman–Crippen MR) is 82.3 cm³/mol. The second kappa shape index (κ2) is 8.80. The zero-order valence-corrected chi connectivity index (χ0v) is 13.1. The molecule has 0 N–H and O–H groups in total. The summed E-state index contributed by atoms with van der Waals surface area (Å²) in [5.41, 5.74) is 1.14. The normalized spacial score (nSPS) is 12.2. The third kappa shape index (κ3) is 6.24. The molecule has 0 spiro atoms. The molecule has 4 heteroatoms.